The Balaban J connectivity index is 1.83. The van der Waals surface area contributed by atoms with Crippen LogP contribution in [-0.2, 0) is 19.6 Å². The van der Waals surface area contributed by atoms with E-state index >= 15 is 0 Å². The van der Waals surface area contributed by atoms with E-state index in [1.54, 1.807) is 0 Å². The molecule has 3 N–H and O–H groups in total. The van der Waals surface area contributed by atoms with Gasteiger partial charge in [-0.3, -0.25) is 4.79 Å². The van der Waals surface area contributed by atoms with Crippen LogP contribution in [0.2, 0.25) is 0 Å². The zero-order chi connectivity index (χ0) is 15.7. The molecule has 2 aliphatic carbocycles. The van der Waals surface area contributed by atoms with Crippen LogP contribution < -0.4 is 10.0 Å². The molecule has 0 heterocycles. The molecule has 0 atom stereocenters. The van der Waals surface area contributed by atoms with Gasteiger partial charge in [-0.2, -0.15) is 0 Å². The predicted molar refractivity (Wildman–Crippen MR) is 76.1 cm³/mol. The highest BCUT2D eigenvalue weighted by molar-refractivity contribution is 7.90. The number of carbonyl (C=O) groups is 2. The number of sulfonamides is 1. The molecule has 0 aromatic carbocycles. The maximum absolute atomic E-state index is 11.9. The lowest BCUT2D eigenvalue weighted by molar-refractivity contribution is -0.142. The van der Waals surface area contributed by atoms with Gasteiger partial charge in [0.15, 0.2) is 0 Å². The first-order valence-electron chi connectivity index (χ1n) is 7.27. The second kappa shape index (κ2) is 5.92. The number of carboxylic acids is 1. The summed E-state index contributed by atoms with van der Waals surface area (Å²) in [6.45, 7) is 2.14. The molecule has 2 fully saturated rings. The zero-order valence-corrected chi connectivity index (χ0v) is 12.9. The van der Waals surface area contributed by atoms with E-state index < -0.39 is 33.2 Å². The lowest BCUT2D eigenvalue weighted by atomic mass is 9.88. The molecule has 8 heteroatoms. The number of hydrogen-bond acceptors (Lipinski definition) is 4. The minimum absolute atomic E-state index is 0.117. The van der Waals surface area contributed by atoms with Crippen molar-refractivity contribution in [2.75, 3.05) is 5.75 Å². The summed E-state index contributed by atoms with van der Waals surface area (Å²) < 4.78 is 26.4. The summed E-state index contributed by atoms with van der Waals surface area (Å²) in [5.41, 5.74) is -1.24. The van der Waals surface area contributed by atoms with E-state index in [2.05, 4.69) is 17.0 Å². The smallest absolute Gasteiger partial charge is 0.329 e. The van der Waals surface area contributed by atoms with Crippen molar-refractivity contribution in [2.45, 2.75) is 57.0 Å². The van der Waals surface area contributed by atoms with E-state index in [1.165, 1.54) is 0 Å². The fraction of sp³-hybridized carbons (Fsp3) is 0.846. The Hall–Kier alpha value is -1.15. The first kappa shape index (κ1) is 16.2. The second-order valence-electron chi connectivity index (χ2n) is 6.27. The lowest BCUT2D eigenvalue weighted by Crippen LogP contribution is -2.48. The van der Waals surface area contributed by atoms with Crippen LogP contribution in [-0.4, -0.2) is 42.7 Å². The number of carbonyl (C=O) groups excluding carboxylic acids is 1. The highest BCUT2D eigenvalue weighted by atomic mass is 32.2. The fourth-order valence-electron chi connectivity index (χ4n) is 2.67. The molecule has 1 amide bonds. The standard InChI is InChI=1S/C13H22N2O5S/c1-9-2-4-10(5-3-9)15-21(19,20)8-11(16)14-13(6-7-13)12(17)18/h9-10,15H,2-8H2,1H3,(H,14,16)(H,17,18). The lowest BCUT2D eigenvalue weighted by Gasteiger charge is -2.26. The van der Waals surface area contributed by atoms with Crippen LogP contribution >= 0.6 is 0 Å². The van der Waals surface area contributed by atoms with Crippen LogP contribution in [0, 0.1) is 5.92 Å². The van der Waals surface area contributed by atoms with Gasteiger partial charge in [-0.05, 0) is 44.4 Å². The van der Waals surface area contributed by atoms with Crippen molar-refractivity contribution in [1.29, 1.82) is 0 Å². The van der Waals surface area contributed by atoms with E-state index in [-0.39, 0.29) is 6.04 Å². The molecule has 120 valence electrons. The second-order valence-corrected chi connectivity index (χ2v) is 8.02. The maximum atomic E-state index is 11.9. The molecule has 0 aromatic rings. The summed E-state index contributed by atoms with van der Waals surface area (Å²) in [6.07, 6.45) is 4.20. The molecule has 0 radical (unpaired) electrons. The Kier molecular flexibility index (Phi) is 4.57. The minimum atomic E-state index is -3.72. The third-order valence-electron chi connectivity index (χ3n) is 4.22. The summed E-state index contributed by atoms with van der Waals surface area (Å²) in [4.78, 5) is 22.7. The molecule has 0 aliphatic heterocycles. The van der Waals surface area contributed by atoms with Gasteiger partial charge in [0.25, 0.3) is 0 Å². The Labute approximate surface area is 124 Å². The highest BCUT2D eigenvalue weighted by Crippen LogP contribution is 2.35. The first-order valence-corrected chi connectivity index (χ1v) is 8.92. The van der Waals surface area contributed by atoms with Crippen molar-refractivity contribution in [3.8, 4) is 0 Å². The summed E-state index contributed by atoms with van der Waals surface area (Å²) in [6, 6.07) is -0.117. The van der Waals surface area contributed by atoms with E-state index in [0.717, 1.165) is 25.7 Å². The van der Waals surface area contributed by atoms with Crippen molar-refractivity contribution in [3.63, 3.8) is 0 Å². The Morgan fingerprint density at radius 3 is 2.24 bits per heavy atom. The van der Waals surface area contributed by atoms with Crippen molar-refractivity contribution < 1.29 is 23.1 Å². The molecule has 21 heavy (non-hydrogen) atoms. The molecule has 2 saturated carbocycles. The van der Waals surface area contributed by atoms with E-state index in [0.29, 0.717) is 18.8 Å². The zero-order valence-electron chi connectivity index (χ0n) is 12.1. The Morgan fingerprint density at radius 2 is 1.76 bits per heavy atom. The Bertz CT molecular complexity index is 519. The van der Waals surface area contributed by atoms with Crippen LogP contribution in [0.5, 0.6) is 0 Å². The highest BCUT2D eigenvalue weighted by Gasteiger charge is 2.51. The maximum Gasteiger partial charge on any atom is 0.329 e. The molecule has 0 spiro atoms. The summed E-state index contributed by atoms with van der Waals surface area (Å²) in [7, 11) is -3.72. The van der Waals surface area contributed by atoms with Gasteiger partial charge in [0, 0.05) is 6.04 Å². The van der Waals surface area contributed by atoms with E-state index in [4.69, 9.17) is 5.11 Å². The van der Waals surface area contributed by atoms with Crippen LogP contribution in [0.3, 0.4) is 0 Å². The Morgan fingerprint density at radius 1 is 1.19 bits per heavy atom. The normalized spacial score (nSPS) is 27.9. The third-order valence-corrected chi connectivity index (χ3v) is 5.56. The topological polar surface area (TPSA) is 113 Å². The van der Waals surface area contributed by atoms with Gasteiger partial charge >= 0.3 is 5.97 Å². The van der Waals surface area contributed by atoms with Gasteiger partial charge in [0.05, 0.1) is 0 Å². The number of aliphatic carboxylic acids is 1. The molecular formula is C13H22N2O5S. The molecule has 2 rings (SSSR count). The van der Waals surface area contributed by atoms with Crippen molar-refractivity contribution in [1.82, 2.24) is 10.0 Å². The van der Waals surface area contributed by atoms with Gasteiger partial charge in [-0.1, -0.05) is 6.92 Å². The van der Waals surface area contributed by atoms with Gasteiger partial charge < -0.3 is 10.4 Å². The molecular weight excluding hydrogens is 296 g/mol. The number of amides is 1. The van der Waals surface area contributed by atoms with Crippen molar-refractivity contribution in [2.24, 2.45) is 5.92 Å². The van der Waals surface area contributed by atoms with Gasteiger partial charge in [-0.15, -0.1) is 0 Å². The average Bonchev–Trinajstić information content (AvgIpc) is 3.11. The number of nitrogens with one attached hydrogen (secondary N) is 2. The molecule has 0 aromatic heterocycles. The number of rotatable bonds is 6. The third kappa shape index (κ3) is 4.41. The van der Waals surface area contributed by atoms with Gasteiger partial charge in [0.2, 0.25) is 15.9 Å². The van der Waals surface area contributed by atoms with Crippen LogP contribution in [0.25, 0.3) is 0 Å². The van der Waals surface area contributed by atoms with E-state index in [1.807, 2.05) is 0 Å². The van der Waals surface area contributed by atoms with E-state index in [9.17, 15) is 18.0 Å². The fourth-order valence-corrected chi connectivity index (χ4v) is 3.91. The molecule has 2 aliphatic rings. The molecule has 0 unspecified atom stereocenters. The molecule has 0 saturated heterocycles. The summed E-state index contributed by atoms with van der Waals surface area (Å²) in [5.74, 6) is -1.97. The monoisotopic (exact) mass is 318 g/mol. The van der Waals surface area contributed by atoms with Crippen LogP contribution in [0.4, 0.5) is 0 Å². The summed E-state index contributed by atoms with van der Waals surface area (Å²) >= 11 is 0. The first-order chi connectivity index (χ1) is 9.72. The molecule has 0 bridgehead atoms. The van der Waals surface area contributed by atoms with Crippen molar-refractivity contribution in [3.05, 3.63) is 0 Å². The predicted octanol–water partition coefficient (Wildman–Crippen LogP) is 0.218. The largest absolute Gasteiger partial charge is 0.480 e. The van der Waals surface area contributed by atoms with Gasteiger partial charge in [0.1, 0.15) is 11.3 Å². The number of hydrogen-bond donors (Lipinski definition) is 3. The minimum Gasteiger partial charge on any atom is -0.480 e. The van der Waals surface area contributed by atoms with Crippen LogP contribution in [0.15, 0.2) is 0 Å². The average molecular weight is 318 g/mol. The van der Waals surface area contributed by atoms with Crippen LogP contribution in [0.1, 0.15) is 45.4 Å². The summed E-state index contributed by atoms with van der Waals surface area (Å²) in [5, 5.41) is 11.3. The SMILES string of the molecule is CC1CCC(NS(=O)(=O)CC(=O)NC2(C(=O)O)CC2)CC1. The number of carboxylic acid groups (broad SMARTS) is 1. The van der Waals surface area contributed by atoms with Crippen molar-refractivity contribution >= 4 is 21.9 Å². The van der Waals surface area contributed by atoms with Gasteiger partial charge in [-0.25, -0.2) is 17.9 Å². The quantitative estimate of drug-likeness (QED) is 0.648. The molecule has 7 nitrogen and oxygen atoms in total.